The Hall–Kier alpha value is -2.58. The van der Waals surface area contributed by atoms with Crippen molar-refractivity contribution in [1.29, 1.82) is 0 Å². The van der Waals surface area contributed by atoms with Crippen LogP contribution in [-0.2, 0) is 19.2 Å². The van der Waals surface area contributed by atoms with Crippen LogP contribution in [0.25, 0.3) is 0 Å². The maximum Gasteiger partial charge on any atom is 0.251 e. The average molecular weight is 467 g/mol. The van der Waals surface area contributed by atoms with Crippen LogP contribution in [0.15, 0.2) is 24.3 Å². The molecule has 8 heteroatoms. The van der Waals surface area contributed by atoms with Gasteiger partial charge in [0.15, 0.2) is 0 Å². The highest BCUT2D eigenvalue weighted by Crippen LogP contribution is 2.31. The Morgan fingerprint density at radius 3 is 1.15 bits per heavy atom. The van der Waals surface area contributed by atoms with Crippen LogP contribution in [0.2, 0.25) is 0 Å². The van der Waals surface area contributed by atoms with E-state index in [-0.39, 0.29) is 48.6 Å². The SMILES string of the molecule is O=C1C[C@H](N2CCCCCC2)C(=O)N1c1ccc(N2C(=O)C[C@H](N3CCCCCC3)C2=O)cc1. The van der Waals surface area contributed by atoms with Gasteiger partial charge in [0.1, 0.15) is 0 Å². The van der Waals surface area contributed by atoms with Crippen molar-refractivity contribution in [3.8, 4) is 0 Å². The number of imide groups is 2. The second kappa shape index (κ2) is 9.96. The fourth-order valence-electron chi connectivity index (χ4n) is 5.91. The van der Waals surface area contributed by atoms with E-state index < -0.39 is 0 Å². The molecule has 1 aromatic rings. The average Bonchev–Trinajstić information content (AvgIpc) is 3.09. The van der Waals surface area contributed by atoms with E-state index in [4.69, 9.17) is 0 Å². The summed E-state index contributed by atoms with van der Waals surface area (Å²) in [7, 11) is 0. The molecule has 2 atom stereocenters. The summed E-state index contributed by atoms with van der Waals surface area (Å²) < 4.78 is 0. The quantitative estimate of drug-likeness (QED) is 0.635. The van der Waals surface area contributed by atoms with E-state index in [1.807, 2.05) is 0 Å². The molecule has 4 aliphatic rings. The third kappa shape index (κ3) is 4.41. The molecule has 8 nitrogen and oxygen atoms in total. The van der Waals surface area contributed by atoms with Gasteiger partial charge in [0.05, 0.1) is 36.3 Å². The van der Waals surface area contributed by atoms with Gasteiger partial charge in [0, 0.05) is 0 Å². The summed E-state index contributed by atoms with van der Waals surface area (Å²) in [6, 6.07) is 5.93. The van der Waals surface area contributed by atoms with E-state index in [0.29, 0.717) is 11.4 Å². The van der Waals surface area contributed by atoms with Crippen LogP contribution in [0.3, 0.4) is 0 Å². The van der Waals surface area contributed by atoms with Crippen molar-refractivity contribution >= 4 is 35.0 Å². The lowest BCUT2D eigenvalue weighted by Gasteiger charge is -2.26. The summed E-state index contributed by atoms with van der Waals surface area (Å²) >= 11 is 0. The molecule has 4 saturated heterocycles. The van der Waals surface area contributed by atoms with E-state index in [1.54, 1.807) is 24.3 Å². The lowest BCUT2D eigenvalue weighted by Crippen LogP contribution is -2.43. The molecule has 5 rings (SSSR count). The molecule has 4 aliphatic heterocycles. The van der Waals surface area contributed by atoms with Crippen LogP contribution in [0.1, 0.15) is 64.2 Å². The van der Waals surface area contributed by atoms with E-state index in [1.165, 1.54) is 35.5 Å². The number of hydrogen-bond donors (Lipinski definition) is 0. The number of amides is 4. The van der Waals surface area contributed by atoms with Crippen LogP contribution >= 0.6 is 0 Å². The number of rotatable bonds is 4. The van der Waals surface area contributed by atoms with E-state index in [9.17, 15) is 19.2 Å². The number of benzene rings is 1. The maximum absolute atomic E-state index is 13.2. The van der Waals surface area contributed by atoms with Gasteiger partial charge in [-0.05, 0) is 76.1 Å². The van der Waals surface area contributed by atoms with Crippen LogP contribution < -0.4 is 9.80 Å². The van der Waals surface area contributed by atoms with Crippen LogP contribution in [0.4, 0.5) is 11.4 Å². The molecule has 0 aliphatic carbocycles. The second-order valence-corrected chi connectivity index (χ2v) is 9.99. The van der Waals surface area contributed by atoms with Crippen LogP contribution in [0, 0.1) is 0 Å². The Morgan fingerprint density at radius 2 is 0.824 bits per heavy atom. The predicted molar refractivity (Wildman–Crippen MR) is 128 cm³/mol. The summed E-state index contributed by atoms with van der Waals surface area (Å²) in [5, 5.41) is 0. The Morgan fingerprint density at radius 1 is 0.500 bits per heavy atom. The van der Waals surface area contributed by atoms with Gasteiger partial charge in [-0.3, -0.25) is 29.0 Å². The van der Waals surface area contributed by atoms with Crippen molar-refractivity contribution in [2.75, 3.05) is 36.0 Å². The Labute approximate surface area is 200 Å². The topological polar surface area (TPSA) is 81.2 Å². The molecule has 0 radical (unpaired) electrons. The first-order chi connectivity index (χ1) is 16.5. The highest BCUT2D eigenvalue weighted by molar-refractivity contribution is 6.24. The van der Waals surface area contributed by atoms with E-state index >= 15 is 0 Å². The lowest BCUT2D eigenvalue weighted by molar-refractivity contribution is -0.124. The Balaban J connectivity index is 1.29. The van der Waals surface area contributed by atoms with Crippen molar-refractivity contribution in [3.63, 3.8) is 0 Å². The molecule has 34 heavy (non-hydrogen) atoms. The molecule has 0 N–H and O–H groups in total. The zero-order chi connectivity index (χ0) is 23.7. The number of carbonyl (C=O) groups is 4. The molecule has 1 aromatic carbocycles. The minimum atomic E-state index is -0.388. The monoisotopic (exact) mass is 466 g/mol. The van der Waals surface area contributed by atoms with Gasteiger partial charge in [-0.2, -0.15) is 0 Å². The van der Waals surface area contributed by atoms with Crippen molar-refractivity contribution in [1.82, 2.24) is 9.80 Å². The number of likely N-dealkylation sites (tertiary alicyclic amines) is 2. The van der Waals surface area contributed by atoms with Crippen LogP contribution in [-0.4, -0.2) is 71.7 Å². The normalized spacial score (nSPS) is 28.0. The first-order valence-electron chi connectivity index (χ1n) is 12.9. The molecule has 4 heterocycles. The summed E-state index contributed by atoms with van der Waals surface area (Å²) in [5.41, 5.74) is 0.999. The minimum absolute atomic E-state index is 0.172. The summed E-state index contributed by atoms with van der Waals surface area (Å²) in [6.45, 7) is 3.42. The third-order valence-corrected chi connectivity index (χ3v) is 7.77. The van der Waals surface area contributed by atoms with Crippen molar-refractivity contribution < 1.29 is 19.2 Å². The standard InChI is InChI=1S/C26H34N4O4/c31-23-17-21(27-13-5-1-2-6-14-27)25(33)29(23)19-9-11-20(12-10-19)30-24(32)18-22(26(30)34)28-15-7-3-4-8-16-28/h9-12,21-22H,1-8,13-18H2/t21-,22-/m0/s1. The summed E-state index contributed by atoms with van der Waals surface area (Å²) in [6.07, 6.45) is 9.33. The molecule has 0 spiro atoms. The zero-order valence-corrected chi connectivity index (χ0v) is 19.8. The van der Waals surface area contributed by atoms with Crippen molar-refractivity contribution in [2.24, 2.45) is 0 Å². The third-order valence-electron chi connectivity index (χ3n) is 7.77. The van der Waals surface area contributed by atoms with Crippen molar-refractivity contribution in [2.45, 2.75) is 76.3 Å². The predicted octanol–water partition coefficient (Wildman–Crippen LogP) is 2.70. The smallest absolute Gasteiger partial charge is 0.251 e. The van der Waals surface area contributed by atoms with Gasteiger partial charge < -0.3 is 0 Å². The largest absolute Gasteiger partial charge is 0.292 e. The molecular formula is C26H34N4O4. The number of carbonyl (C=O) groups excluding carboxylic acids is 4. The molecule has 4 amide bonds. The lowest BCUT2D eigenvalue weighted by atomic mass is 10.2. The fourth-order valence-corrected chi connectivity index (χ4v) is 5.91. The van der Waals surface area contributed by atoms with E-state index in [2.05, 4.69) is 9.80 Å². The van der Waals surface area contributed by atoms with Gasteiger partial charge in [0.25, 0.3) is 11.8 Å². The molecular weight excluding hydrogens is 432 g/mol. The maximum atomic E-state index is 13.2. The summed E-state index contributed by atoms with van der Waals surface area (Å²) in [4.78, 5) is 58.7. The summed E-state index contributed by atoms with van der Waals surface area (Å²) in [5.74, 6) is -0.730. The molecule has 0 unspecified atom stereocenters. The first-order valence-corrected chi connectivity index (χ1v) is 12.9. The number of nitrogens with zero attached hydrogens (tertiary/aromatic N) is 4. The van der Waals surface area contributed by atoms with Gasteiger partial charge in [-0.25, -0.2) is 9.80 Å². The van der Waals surface area contributed by atoms with Gasteiger partial charge in [-0.1, -0.05) is 25.7 Å². The van der Waals surface area contributed by atoms with E-state index in [0.717, 1.165) is 51.9 Å². The molecule has 4 fully saturated rings. The van der Waals surface area contributed by atoms with Gasteiger partial charge in [0.2, 0.25) is 11.8 Å². The Bertz CT molecular complexity index is 869. The number of anilines is 2. The molecule has 0 bridgehead atoms. The zero-order valence-electron chi connectivity index (χ0n) is 19.8. The van der Waals surface area contributed by atoms with Gasteiger partial charge >= 0.3 is 0 Å². The first kappa shape index (κ1) is 23.2. The molecule has 0 saturated carbocycles. The molecule has 182 valence electrons. The fraction of sp³-hybridized carbons (Fsp3) is 0.615. The van der Waals surface area contributed by atoms with Crippen LogP contribution in [0.5, 0.6) is 0 Å². The van der Waals surface area contributed by atoms with Crippen molar-refractivity contribution in [3.05, 3.63) is 24.3 Å². The highest BCUT2D eigenvalue weighted by Gasteiger charge is 2.44. The van der Waals surface area contributed by atoms with Gasteiger partial charge in [-0.15, -0.1) is 0 Å². The second-order valence-electron chi connectivity index (χ2n) is 9.99. The Kier molecular flexibility index (Phi) is 6.79. The molecule has 0 aromatic heterocycles. The number of hydrogen-bond acceptors (Lipinski definition) is 6. The highest BCUT2D eigenvalue weighted by atomic mass is 16.2. The minimum Gasteiger partial charge on any atom is -0.292 e.